The molecule has 0 aliphatic carbocycles. The van der Waals surface area contributed by atoms with E-state index in [1.807, 2.05) is 18.2 Å². The van der Waals surface area contributed by atoms with Gasteiger partial charge in [-0.1, -0.05) is 37.0 Å². The van der Waals surface area contributed by atoms with Crippen molar-refractivity contribution in [1.29, 1.82) is 0 Å². The highest BCUT2D eigenvalue weighted by Crippen LogP contribution is 2.36. The lowest BCUT2D eigenvalue weighted by atomic mass is 9.98. The lowest BCUT2D eigenvalue weighted by Gasteiger charge is -2.35. The van der Waals surface area contributed by atoms with E-state index in [1.165, 1.54) is 12.8 Å². The summed E-state index contributed by atoms with van der Waals surface area (Å²) in [5.41, 5.74) is 7.08. The smallest absolute Gasteiger partial charge is 0.0488 e. The summed E-state index contributed by atoms with van der Waals surface area (Å²) in [6.07, 6.45) is 2.48. The zero-order valence-corrected chi connectivity index (χ0v) is 13.1. The van der Waals surface area contributed by atoms with Crippen molar-refractivity contribution in [3.8, 4) is 0 Å². The first-order valence-electron chi connectivity index (χ1n) is 6.95. The average Bonchev–Trinajstić information content (AvgIpc) is 2.84. The topological polar surface area (TPSA) is 29.3 Å². The van der Waals surface area contributed by atoms with Gasteiger partial charge >= 0.3 is 0 Å². The first-order chi connectivity index (χ1) is 9.04. The molecule has 2 rings (SSSR count). The van der Waals surface area contributed by atoms with Crippen molar-refractivity contribution in [2.75, 3.05) is 13.1 Å². The lowest BCUT2D eigenvalue weighted by Crippen LogP contribution is -2.40. The Hall–Kier alpha value is -0.280. The molecule has 2 atom stereocenters. The second-order valence-corrected chi connectivity index (χ2v) is 6.45. The molecule has 2 unspecified atom stereocenters. The highest BCUT2D eigenvalue weighted by atomic mass is 35.5. The molecule has 0 amide bonds. The maximum atomic E-state index is 6.33. The molecule has 1 aliphatic heterocycles. The van der Waals surface area contributed by atoms with Gasteiger partial charge in [-0.05, 0) is 49.1 Å². The fraction of sp³-hybridized carbons (Fsp3) is 0.600. The van der Waals surface area contributed by atoms with E-state index in [2.05, 4.69) is 18.7 Å². The van der Waals surface area contributed by atoms with E-state index in [9.17, 15) is 0 Å². The van der Waals surface area contributed by atoms with E-state index in [0.717, 1.165) is 22.2 Å². The molecule has 1 aromatic rings. The molecule has 1 saturated heterocycles. The fourth-order valence-corrected chi connectivity index (χ4v) is 3.55. The average molecular weight is 301 g/mol. The highest BCUT2D eigenvalue weighted by molar-refractivity contribution is 6.33. The van der Waals surface area contributed by atoms with Crippen LogP contribution in [0.4, 0.5) is 0 Å². The Balaban J connectivity index is 2.31. The molecule has 4 heteroatoms. The predicted octanol–water partition coefficient (Wildman–Crippen LogP) is 4.11. The molecule has 19 heavy (non-hydrogen) atoms. The summed E-state index contributed by atoms with van der Waals surface area (Å²) in [6.45, 7) is 6.21. The number of likely N-dealkylation sites (tertiary alicyclic amines) is 1. The fourth-order valence-electron chi connectivity index (χ4n) is 3.13. The summed E-state index contributed by atoms with van der Waals surface area (Å²) in [6, 6.07) is 6.40. The summed E-state index contributed by atoms with van der Waals surface area (Å²) >= 11 is 12.4. The Kier molecular flexibility index (Phi) is 5.13. The Morgan fingerprint density at radius 2 is 2.11 bits per heavy atom. The maximum absolute atomic E-state index is 6.33. The third-order valence-electron chi connectivity index (χ3n) is 4.05. The van der Waals surface area contributed by atoms with Gasteiger partial charge in [-0.25, -0.2) is 0 Å². The van der Waals surface area contributed by atoms with Gasteiger partial charge in [-0.3, -0.25) is 4.90 Å². The monoisotopic (exact) mass is 300 g/mol. The van der Waals surface area contributed by atoms with Crippen molar-refractivity contribution in [2.45, 2.75) is 38.8 Å². The van der Waals surface area contributed by atoms with Gasteiger partial charge in [0.05, 0.1) is 0 Å². The van der Waals surface area contributed by atoms with Crippen molar-refractivity contribution < 1.29 is 0 Å². The number of benzene rings is 1. The number of hydrogen-bond acceptors (Lipinski definition) is 2. The third kappa shape index (κ3) is 3.25. The SMILES string of the molecule is CC(C)C1CCCN1C(CN)c1cc(Cl)ccc1Cl. The molecule has 0 spiro atoms. The summed E-state index contributed by atoms with van der Waals surface area (Å²) in [5.74, 6) is 0.634. The molecule has 0 bridgehead atoms. The summed E-state index contributed by atoms with van der Waals surface area (Å²) in [7, 11) is 0. The zero-order valence-electron chi connectivity index (χ0n) is 11.6. The molecular formula is C15H22Cl2N2. The molecule has 0 aromatic heterocycles. The zero-order chi connectivity index (χ0) is 14.0. The summed E-state index contributed by atoms with van der Waals surface area (Å²) < 4.78 is 0. The molecule has 106 valence electrons. The molecule has 0 radical (unpaired) electrons. The normalized spacial score (nSPS) is 22.1. The van der Waals surface area contributed by atoms with Crippen LogP contribution in [0.25, 0.3) is 0 Å². The second-order valence-electron chi connectivity index (χ2n) is 5.61. The van der Waals surface area contributed by atoms with Gasteiger partial charge < -0.3 is 5.73 Å². The van der Waals surface area contributed by atoms with Gasteiger partial charge in [0, 0.05) is 28.7 Å². The molecule has 2 nitrogen and oxygen atoms in total. The number of nitrogens with zero attached hydrogens (tertiary/aromatic N) is 1. The third-order valence-corrected chi connectivity index (χ3v) is 4.63. The van der Waals surface area contributed by atoms with Crippen molar-refractivity contribution in [3.63, 3.8) is 0 Å². The van der Waals surface area contributed by atoms with Crippen molar-refractivity contribution in [1.82, 2.24) is 4.90 Å². The van der Waals surface area contributed by atoms with Gasteiger partial charge in [-0.2, -0.15) is 0 Å². The number of nitrogens with two attached hydrogens (primary N) is 1. The van der Waals surface area contributed by atoms with Gasteiger partial charge in [0.15, 0.2) is 0 Å². The molecule has 1 heterocycles. The minimum Gasteiger partial charge on any atom is -0.329 e. The van der Waals surface area contributed by atoms with Gasteiger partial charge in [-0.15, -0.1) is 0 Å². The van der Waals surface area contributed by atoms with Crippen LogP contribution in [0.5, 0.6) is 0 Å². The standard InChI is InChI=1S/C15H22Cl2N2/c1-10(2)14-4-3-7-19(14)15(9-18)12-8-11(16)5-6-13(12)17/h5-6,8,10,14-15H,3-4,7,9,18H2,1-2H3. The predicted molar refractivity (Wildman–Crippen MR) is 82.8 cm³/mol. The summed E-state index contributed by atoms with van der Waals surface area (Å²) in [4.78, 5) is 2.50. The van der Waals surface area contributed by atoms with Crippen molar-refractivity contribution >= 4 is 23.2 Å². The lowest BCUT2D eigenvalue weighted by molar-refractivity contribution is 0.149. The second kappa shape index (κ2) is 6.45. The van der Waals surface area contributed by atoms with Crippen LogP contribution in [0.2, 0.25) is 10.0 Å². The van der Waals surface area contributed by atoms with Gasteiger partial charge in [0.2, 0.25) is 0 Å². The first-order valence-corrected chi connectivity index (χ1v) is 7.71. The number of halogens is 2. The molecule has 1 fully saturated rings. The number of hydrogen-bond donors (Lipinski definition) is 1. The number of rotatable bonds is 4. The Bertz CT molecular complexity index is 434. The van der Waals surface area contributed by atoms with Gasteiger partial charge in [0.1, 0.15) is 0 Å². The van der Waals surface area contributed by atoms with E-state index in [-0.39, 0.29) is 6.04 Å². The van der Waals surface area contributed by atoms with E-state index in [0.29, 0.717) is 18.5 Å². The Morgan fingerprint density at radius 1 is 1.37 bits per heavy atom. The maximum Gasteiger partial charge on any atom is 0.0488 e. The Morgan fingerprint density at radius 3 is 2.74 bits per heavy atom. The molecular weight excluding hydrogens is 279 g/mol. The molecule has 0 saturated carbocycles. The molecule has 2 N–H and O–H groups in total. The van der Waals surface area contributed by atoms with Crippen LogP contribution in [0.3, 0.4) is 0 Å². The summed E-state index contributed by atoms with van der Waals surface area (Å²) in [5, 5.41) is 1.48. The molecule has 1 aliphatic rings. The molecule has 1 aromatic carbocycles. The first kappa shape index (κ1) is 15.1. The van der Waals surface area contributed by atoms with E-state index >= 15 is 0 Å². The van der Waals surface area contributed by atoms with Crippen molar-refractivity contribution in [3.05, 3.63) is 33.8 Å². The quantitative estimate of drug-likeness (QED) is 0.906. The van der Waals surface area contributed by atoms with Crippen LogP contribution in [0.15, 0.2) is 18.2 Å². The van der Waals surface area contributed by atoms with Crippen LogP contribution >= 0.6 is 23.2 Å². The van der Waals surface area contributed by atoms with Crippen molar-refractivity contribution in [2.24, 2.45) is 11.7 Å². The van der Waals surface area contributed by atoms with Crippen LogP contribution < -0.4 is 5.73 Å². The largest absolute Gasteiger partial charge is 0.329 e. The van der Waals surface area contributed by atoms with Crippen LogP contribution in [-0.4, -0.2) is 24.0 Å². The van der Waals surface area contributed by atoms with Gasteiger partial charge in [0.25, 0.3) is 0 Å². The minimum atomic E-state index is 0.168. The van der Waals surface area contributed by atoms with E-state index in [1.54, 1.807) is 0 Å². The van der Waals surface area contributed by atoms with E-state index < -0.39 is 0 Å². The van der Waals surface area contributed by atoms with E-state index in [4.69, 9.17) is 28.9 Å². The van der Waals surface area contributed by atoms with Crippen LogP contribution in [-0.2, 0) is 0 Å². The Labute approximate surface area is 125 Å². The highest BCUT2D eigenvalue weighted by Gasteiger charge is 2.33. The van der Waals surface area contributed by atoms with Crippen LogP contribution in [0, 0.1) is 5.92 Å². The van der Waals surface area contributed by atoms with Crippen LogP contribution in [0.1, 0.15) is 38.3 Å². The minimum absolute atomic E-state index is 0.168.